The highest BCUT2D eigenvalue weighted by Gasteiger charge is 2.29. The molecule has 0 saturated carbocycles. The van der Waals surface area contributed by atoms with Crippen molar-refractivity contribution < 1.29 is 9.59 Å². The van der Waals surface area contributed by atoms with Gasteiger partial charge in [-0.25, -0.2) is 4.98 Å². The Kier molecular flexibility index (Phi) is 6.71. The standard InChI is InChI=1S/C21H26ClN5O2/c1-4-25(3)11-7-10-20(28)26-14-19-23-12-18(27(19)13-15(26)2)21(29)24-17-9-6-5-8-16(17)22/h5-10,12,15H,4,11,13-14H2,1-3H3,(H,24,29)/b10-7+. The van der Waals surface area contributed by atoms with Crippen LogP contribution in [-0.2, 0) is 17.9 Å². The first-order valence-electron chi connectivity index (χ1n) is 9.66. The number of imidazole rings is 1. The second-order valence-corrected chi connectivity index (χ2v) is 7.58. The summed E-state index contributed by atoms with van der Waals surface area (Å²) in [4.78, 5) is 33.6. The van der Waals surface area contributed by atoms with Gasteiger partial charge in [-0.3, -0.25) is 9.59 Å². The van der Waals surface area contributed by atoms with Gasteiger partial charge in [0.1, 0.15) is 11.5 Å². The predicted molar refractivity (Wildman–Crippen MR) is 114 cm³/mol. The minimum atomic E-state index is -0.272. The Morgan fingerprint density at radius 1 is 1.38 bits per heavy atom. The van der Waals surface area contributed by atoms with E-state index in [1.165, 1.54) is 0 Å². The Labute approximate surface area is 176 Å². The number of likely N-dealkylation sites (N-methyl/N-ethyl adjacent to an activating group) is 1. The van der Waals surface area contributed by atoms with Crippen molar-refractivity contribution in [2.45, 2.75) is 33.0 Å². The van der Waals surface area contributed by atoms with Gasteiger partial charge in [0.15, 0.2) is 0 Å². The van der Waals surface area contributed by atoms with Crippen molar-refractivity contribution in [1.29, 1.82) is 0 Å². The molecule has 0 spiro atoms. The molecule has 1 unspecified atom stereocenters. The van der Waals surface area contributed by atoms with Crippen LogP contribution < -0.4 is 5.32 Å². The highest BCUT2D eigenvalue weighted by Crippen LogP contribution is 2.23. The molecule has 8 heteroatoms. The zero-order valence-electron chi connectivity index (χ0n) is 16.9. The van der Waals surface area contributed by atoms with Gasteiger partial charge in [-0.1, -0.05) is 36.7 Å². The molecule has 1 aliphatic rings. The zero-order valence-corrected chi connectivity index (χ0v) is 17.7. The summed E-state index contributed by atoms with van der Waals surface area (Å²) < 4.78 is 1.87. The topological polar surface area (TPSA) is 70.5 Å². The minimum Gasteiger partial charge on any atom is -0.327 e. The van der Waals surface area contributed by atoms with Crippen molar-refractivity contribution >= 4 is 29.1 Å². The summed E-state index contributed by atoms with van der Waals surface area (Å²) in [7, 11) is 2.00. The van der Waals surface area contributed by atoms with Crippen molar-refractivity contribution in [3.63, 3.8) is 0 Å². The van der Waals surface area contributed by atoms with Crippen LogP contribution in [0.5, 0.6) is 0 Å². The van der Waals surface area contributed by atoms with Gasteiger partial charge in [-0.05, 0) is 32.6 Å². The van der Waals surface area contributed by atoms with Crippen LogP contribution in [0.4, 0.5) is 5.69 Å². The number of benzene rings is 1. The Hall–Kier alpha value is -2.64. The molecule has 1 aromatic carbocycles. The third-order valence-electron chi connectivity index (χ3n) is 5.08. The number of hydrogen-bond donors (Lipinski definition) is 1. The number of aromatic nitrogens is 2. The monoisotopic (exact) mass is 415 g/mol. The van der Waals surface area contributed by atoms with E-state index in [0.29, 0.717) is 35.3 Å². The first kappa shape index (κ1) is 21.1. The number of nitrogens with one attached hydrogen (secondary N) is 1. The van der Waals surface area contributed by atoms with Crippen LogP contribution >= 0.6 is 11.6 Å². The summed E-state index contributed by atoms with van der Waals surface area (Å²) in [5, 5.41) is 3.30. The molecule has 7 nitrogen and oxygen atoms in total. The lowest BCUT2D eigenvalue weighted by molar-refractivity contribution is -0.129. The third kappa shape index (κ3) is 4.86. The number of nitrogens with zero attached hydrogens (tertiary/aromatic N) is 4. The number of hydrogen-bond acceptors (Lipinski definition) is 4. The van der Waals surface area contributed by atoms with Crippen molar-refractivity contribution in [2.75, 3.05) is 25.5 Å². The molecule has 1 aromatic heterocycles. The molecule has 2 amide bonds. The maximum atomic E-state index is 12.7. The quantitative estimate of drug-likeness (QED) is 0.736. The van der Waals surface area contributed by atoms with Crippen molar-refractivity contribution in [3.8, 4) is 0 Å². The van der Waals surface area contributed by atoms with Gasteiger partial charge in [0, 0.05) is 25.2 Å². The molecule has 1 aliphatic heterocycles. The van der Waals surface area contributed by atoms with E-state index in [2.05, 4.69) is 22.1 Å². The normalized spacial score (nSPS) is 16.3. The van der Waals surface area contributed by atoms with Crippen LogP contribution in [0.2, 0.25) is 5.02 Å². The third-order valence-corrected chi connectivity index (χ3v) is 5.41. The Bertz CT molecular complexity index is 924. The van der Waals surface area contributed by atoms with Crippen LogP contribution in [0.15, 0.2) is 42.6 Å². The van der Waals surface area contributed by atoms with Gasteiger partial charge in [-0.2, -0.15) is 0 Å². The lowest BCUT2D eigenvalue weighted by Crippen LogP contribution is -2.45. The number of fused-ring (bicyclic) bond motifs is 1. The Balaban J connectivity index is 1.71. The highest BCUT2D eigenvalue weighted by molar-refractivity contribution is 6.33. The highest BCUT2D eigenvalue weighted by atomic mass is 35.5. The van der Waals surface area contributed by atoms with Crippen LogP contribution in [0.25, 0.3) is 0 Å². The lowest BCUT2D eigenvalue weighted by Gasteiger charge is -2.34. The average Bonchev–Trinajstić information content (AvgIpc) is 3.11. The second kappa shape index (κ2) is 9.24. The summed E-state index contributed by atoms with van der Waals surface area (Å²) in [5.41, 5.74) is 1.01. The van der Waals surface area contributed by atoms with E-state index in [9.17, 15) is 9.59 Å². The van der Waals surface area contributed by atoms with Crippen LogP contribution in [0.1, 0.15) is 30.2 Å². The van der Waals surface area contributed by atoms with Gasteiger partial charge >= 0.3 is 0 Å². The number of carbonyl (C=O) groups is 2. The summed E-state index contributed by atoms with van der Waals surface area (Å²) in [5.74, 6) is 0.379. The number of amides is 2. The number of rotatable bonds is 6. The molecular weight excluding hydrogens is 390 g/mol. The fraction of sp³-hybridized carbons (Fsp3) is 0.381. The molecule has 29 heavy (non-hydrogen) atoms. The van der Waals surface area contributed by atoms with E-state index in [0.717, 1.165) is 13.1 Å². The van der Waals surface area contributed by atoms with Gasteiger partial charge in [0.05, 0.1) is 23.5 Å². The molecule has 3 rings (SSSR count). The number of carbonyl (C=O) groups excluding carboxylic acids is 2. The van der Waals surface area contributed by atoms with Crippen LogP contribution in [0, 0.1) is 0 Å². The second-order valence-electron chi connectivity index (χ2n) is 7.18. The molecular formula is C21H26ClN5O2. The van der Waals surface area contributed by atoms with Crippen LogP contribution in [-0.4, -0.2) is 57.3 Å². The van der Waals surface area contributed by atoms with Crippen molar-refractivity contribution in [1.82, 2.24) is 19.4 Å². The fourth-order valence-electron chi connectivity index (χ4n) is 3.20. The van der Waals surface area contributed by atoms with Crippen molar-refractivity contribution in [2.24, 2.45) is 0 Å². The Morgan fingerprint density at radius 3 is 2.86 bits per heavy atom. The number of halogens is 1. The number of para-hydroxylation sites is 1. The van der Waals surface area contributed by atoms with E-state index in [1.54, 1.807) is 35.4 Å². The first-order valence-corrected chi connectivity index (χ1v) is 10.0. The Morgan fingerprint density at radius 2 is 2.14 bits per heavy atom. The minimum absolute atomic E-state index is 0.0432. The molecule has 0 radical (unpaired) electrons. The van der Waals surface area contributed by atoms with Gasteiger partial charge in [0.25, 0.3) is 5.91 Å². The number of anilines is 1. The molecule has 154 valence electrons. The fourth-order valence-corrected chi connectivity index (χ4v) is 3.38. The zero-order chi connectivity index (χ0) is 21.0. The molecule has 0 saturated heterocycles. The summed E-state index contributed by atoms with van der Waals surface area (Å²) in [6.45, 7) is 6.58. The molecule has 0 aliphatic carbocycles. The molecule has 0 fully saturated rings. The summed E-state index contributed by atoms with van der Waals surface area (Å²) in [6.07, 6.45) is 5.04. The molecule has 2 aromatic rings. The molecule has 1 atom stereocenters. The van der Waals surface area contributed by atoms with E-state index < -0.39 is 0 Å². The average molecular weight is 416 g/mol. The van der Waals surface area contributed by atoms with Crippen LogP contribution in [0.3, 0.4) is 0 Å². The van der Waals surface area contributed by atoms with E-state index in [4.69, 9.17) is 11.6 Å². The molecule has 1 N–H and O–H groups in total. The van der Waals surface area contributed by atoms with Gasteiger partial charge in [0.2, 0.25) is 5.91 Å². The smallest absolute Gasteiger partial charge is 0.273 e. The van der Waals surface area contributed by atoms with Gasteiger partial charge < -0.3 is 19.7 Å². The van der Waals surface area contributed by atoms with Gasteiger partial charge in [-0.15, -0.1) is 0 Å². The molecule has 0 bridgehead atoms. The van der Waals surface area contributed by atoms with E-state index >= 15 is 0 Å². The first-order chi connectivity index (χ1) is 13.9. The maximum absolute atomic E-state index is 12.7. The summed E-state index contributed by atoms with van der Waals surface area (Å²) in [6, 6.07) is 7.04. The summed E-state index contributed by atoms with van der Waals surface area (Å²) >= 11 is 6.13. The SMILES string of the molecule is CCN(C)C/C=C/C(=O)N1Cc2ncc(C(=O)Nc3ccccc3Cl)n2CC1C. The molecule has 2 heterocycles. The largest absolute Gasteiger partial charge is 0.327 e. The lowest BCUT2D eigenvalue weighted by atomic mass is 10.2. The van der Waals surface area contributed by atoms with E-state index in [1.807, 2.05) is 30.7 Å². The predicted octanol–water partition coefficient (Wildman–Crippen LogP) is 3.03. The van der Waals surface area contributed by atoms with Crippen molar-refractivity contribution in [3.05, 3.63) is 59.2 Å². The maximum Gasteiger partial charge on any atom is 0.273 e. The van der Waals surface area contributed by atoms with E-state index in [-0.39, 0.29) is 17.9 Å².